The number of piperazine rings is 1. The first-order valence-corrected chi connectivity index (χ1v) is 11.5. The molecule has 0 spiro atoms. The number of carbonyl (C=O) groups excluding carboxylic acids is 1. The van der Waals surface area contributed by atoms with Crippen LogP contribution >= 0.6 is 0 Å². The number of ether oxygens (including phenoxy) is 1. The van der Waals surface area contributed by atoms with Crippen molar-refractivity contribution >= 4 is 11.7 Å². The third-order valence-electron chi connectivity index (χ3n) is 7.10. The summed E-state index contributed by atoms with van der Waals surface area (Å²) in [6, 6.07) is 5.50. The summed E-state index contributed by atoms with van der Waals surface area (Å²) < 4.78 is 5.17. The lowest BCUT2D eigenvalue weighted by molar-refractivity contribution is -0.137. The molecule has 0 saturated carbocycles. The van der Waals surface area contributed by atoms with Gasteiger partial charge in [0, 0.05) is 77.6 Å². The van der Waals surface area contributed by atoms with Gasteiger partial charge in [0.1, 0.15) is 5.82 Å². The zero-order chi connectivity index (χ0) is 21.1. The lowest BCUT2D eigenvalue weighted by Gasteiger charge is -2.47. The second-order valence-corrected chi connectivity index (χ2v) is 9.16. The molecule has 166 valence electrons. The molecule has 1 aromatic heterocycles. The largest absolute Gasteiger partial charge is 0.383 e. The second kappa shape index (κ2) is 9.62. The Kier molecular flexibility index (Phi) is 6.91. The summed E-state index contributed by atoms with van der Waals surface area (Å²) in [5.41, 5.74) is 2.43. The van der Waals surface area contributed by atoms with E-state index in [1.807, 2.05) is 7.05 Å². The molecule has 30 heavy (non-hydrogen) atoms. The van der Waals surface area contributed by atoms with Crippen LogP contribution in [0, 0.1) is 0 Å². The number of nitrogens with zero attached hydrogens (tertiary/aromatic N) is 5. The summed E-state index contributed by atoms with van der Waals surface area (Å²) in [6.45, 7) is 8.92. The Balaban J connectivity index is 1.31. The van der Waals surface area contributed by atoms with Crippen molar-refractivity contribution in [1.29, 1.82) is 0 Å². The van der Waals surface area contributed by atoms with Crippen LogP contribution in [0.25, 0.3) is 0 Å². The fourth-order valence-corrected chi connectivity index (χ4v) is 5.19. The van der Waals surface area contributed by atoms with Crippen molar-refractivity contribution in [1.82, 2.24) is 19.7 Å². The minimum absolute atomic E-state index is 0.292. The number of piperidine rings is 1. The second-order valence-electron chi connectivity index (χ2n) is 9.16. The number of likely N-dealkylation sites (N-methyl/N-ethyl adjacent to an activating group) is 1. The number of hydrogen-bond acceptors (Lipinski definition) is 6. The molecular formula is C23H37N5O2. The van der Waals surface area contributed by atoms with Gasteiger partial charge in [-0.05, 0) is 31.4 Å². The average Bonchev–Trinajstić information content (AvgIpc) is 2.77. The fraction of sp³-hybridized carbons (Fsp3) is 0.739. The molecule has 1 aromatic rings. The first kappa shape index (κ1) is 21.5. The SMILES string of the molecule is COCCN(C)c1ccc2c(n1)CCN(CC(=O)N1CCN3C(C)CCCC3C1)C2. The topological polar surface area (TPSA) is 52.2 Å². The molecule has 3 aliphatic rings. The van der Waals surface area contributed by atoms with Crippen LogP contribution < -0.4 is 4.90 Å². The summed E-state index contributed by atoms with van der Waals surface area (Å²) >= 11 is 0. The van der Waals surface area contributed by atoms with Crippen LogP contribution in [-0.2, 0) is 22.5 Å². The van der Waals surface area contributed by atoms with Crippen molar-refractivity contribution in [2.75, 3.05) is 64.9 Å². The maximum Gasteiger partial charge on any atom is 0.236 e. The first-order valence-electron chi connectivity index (χ1n) is 11.5. The minimum Gasteiger partial charge on any atom is -0.383 e. The highest BCUT2D eigenvalue weighted by molar-refractivity contribution is 5.78. The Morgan fingerprint density at radius 1 is 1.27 bits per heavy atom. The van der Waals surface area contributed by atoms with Crippen LogP contribution in [0.5, 0.6) is 0 Å². The molecule has 0 bridgehead atoms. The molecule has 0 N–H and O–H groups in total. The normalized spacial score (nSPS) is 25.0. The van der Waals surface area contributed by atoms with Crippen LogP contribution in [0.2, 0.25) is 0 Å². The van der Waals surface area contributed by atoms with Gasteiger partial charge in [-0.25, -0.2) is 4.98 Å². The van der Waals surface area contributed by atoms with Gasteiger partial charge in [-0.3, -0.25) is 14.6 Å². The van der Waals surface area contributed by atoms with Gasteiger partial charge < -0.3 is 14.5 Å². The minimum atomic E-state index is 0.292. The predicted octanol–water partition coefficient (Wildman–Crippen LogP) is 1.61. The molecule has 4 heterocycles. The lowest BCUT2D eigenvalue weighted by atomic mass is 9.94. The molecule has 4 rings (SSSR count). The Labute approximate surface area is 181 Å². The fourth-order valence-electron chi connectivity index (χ4n) is 5.19. The maximum atomic E-state index is 13.0. The highest BCUT2D eigenvalue weighted by atomic mass is 16.5. The number of hydrogen-bond donors (Lipinski definition) is 0. The van der Waals surface area contributed by atoms with Crippen LogP contribution in [0.3, 0.4) is 0 Å². The molecule has 2 fully saturated rings. The number of rotatable bonds is 6. The van der Waals surface area contributed by atoms with Crippen LogP contribution in [0.15, 0.2) is 12.1 Å². The lowest BCUT2D eigenvalue weighted by Crippen LogP contribution is -2.59. The van der Waals surface area contributed by atoms with E-state index in [1.165, 1.54) is 30.5 Å². The number of methoxy groups -OCH3 is 1. The summed E-state index contributed by atoms with van der Waals surface area (Å²) in [5.74, 6) is 1.29. The molecule has 0 aliphatic carbocycles. The smallest absolute Gasteiger partial charge is 0.236 e. The highest BCUT2D eigenvalue weighted by Crippen LogP contribution is 2.26. The van der Waals surface area contributed by atoms with E-state index in [0.29, 0.717) is 31.1 Å². The van der Waals surface area contributed by atoms with Crippen LogP contribution in [0.1, 0.15) is 37.4 Å². The van der Waals surface area contributed by atoms with Gasteiger partial charge in [-0.1, -0.05) is 12.5 Å². The van der Waals surface area contributed by atoms with Gasteiger partial charge in [0.2, 0.25) is 5.91 Å². The standard InChI is InChI=1S/C23H37N5O2/c1-18-5-4-6-20-16-27(11-12-28(18)20)23(29)17-26-10-9-21-19(15-26)7-8-22(24-21)25(2)13-14-30-3/h7-8,18,20H,4-6,9-17H2,1-3H3. The Hall–Kier alpha value is -1.70. The molecular weight excluding hydrogens is 378 g/mol. The number of anilines is 1. The Morgan fingerprint density at radius 3 is 2.97 bits per heavy atom. The summed E-state index contributed by atoms with van der Waals surface area (Å²) in [6.07, 6.45) is 4.74. The molecule has 2 saturated heterocycles. The van der Waals surface area contributed by atoms with E-state index in [0.717, 1.165) is 51.5 Å². The molecule has 2 atom stereocenters. The molecule has 2 unspecified atom stereocenters. The van der Waals surface area contributed by atoms with E-state index >= 15 is 0 Å². The van der Waals surface area contributed by atoms with Crippen LogP contribution in [-0.4, -0.2) is 97.7 Å². The first-order chi connectivity index (χ1) is 14.5. The average molecular weight is 416 g/mol. The third-order valence-corrected chi connectivity index (χ3v) is 7.10. The van der Waals surface area contributed by atoms with E-state index in [-0.39, 0.29) is 0 Å². The predicted molar refractivity (Wildman–Crippen MR) is 119 cm³/mol. The van der Waals surface area contributed by atoms with Crippen molar-refractivity contribution in [3.63, 3.8) is 0 Å². The molecule has 0 radical (unpaired) electrons. The van der Waals surface area contributed by atoms with Gasteiger partial charge in [-0.2, -0.15) is 0 Å². The van der Waals surface area contributed by atoms with Gasteiger partial charge in [0.15, 0.2) is 0 Å². The van der Waals surface area contributed by atoms with E-state index in [4.69, 9.17) is 9.72 Å². The van der Waals surface area contributed by atoms with Gasteiger partial charge in [0.25, 0.3) is 0 Å². The van der Waals surface area contributed by atoms with Gasteiger partial charge >= 0.3 is 0 Å². The van der Waals surface area contributed by atoms with Crippen molar-refractivity contribution in [2.45, 2.75) is 51.2 Å². The van der Waals surface area contributed by atoms with Crippen molar-refractivity contribution in [3.05, 3.63) is 23.4 Å². The number of aromatic nitrogens is 1. The number of amides is 1. The molecule has 1 amide bonds. The summed E-state index contributed by atoms with van der Waals surface area (Å²) in [5, 5.41) is 0. The number of fused-ring (bicyclic) bond motifs is 2. The Morgan fingerprint density at radius 2 is 2.13 bits per heavy atom. The summed E-state index contributed by atoms with van der Waals surface area (Å²) in [7, 11) is 3.77. The molecule has 7 nitrogen and oxygen atoms in total. The van der Waals surface area contributed by atoms with E-state index in [2.05, 4.69) is 38.7 Å². The number of carbonyl (C=O) groups is 1. The van der Waals surface area contributed by atoms with Crippen molar-refractivity contribution in [2.24, 2.45) is 0 Å². The van der Waals surface area contributed by atoms with E-state index in [9.17, 15) is 4.79 Å². The van der Waals surface area contributed by atoms with E-state index in [1.54, 1.807) is 7.11 Å². The van der Waals surface area contributed by atoms with Gasteiger partial charge in [0.05, 0.1) is 13.2 Å². The quantitative estimate of drug-likeness (QED) is 0.704. The van der Waals surface area contributed by atoms with Crippen molar-refractivity contribution < 1.29 is 9.53 Å². The molecule has 0 aromatic carbocycles. The van der Waals surface area contributed by atoms with Crippen molar-refractivity contribution in [3.8, 4) is 0 Å². The number of pyridine rings is 1. The Bertz CT molecular complexity index is 742. The molecule has 7 heteroatoms. The van der Waals surface area contributed by atoms with Crippen LogP contribution in [0.4, 0.5) is 5.82 Å². The zero-order valence-electron chi connectivity index (χ0n) is 18.8. The molecule has 3 aliphatic heterocycles. The van der Waals surface area contributed by atoms with E-state index < -0.39 is 0 Å². The zero-order valence-corrected chi connectivity index (χ0v) is 18.8. The third kappa shape index (κ3) is 4.79. The monoisotopic (exact) mass is 415 g/mol. The maximum absolute atomic E-state index is 13.0. The highest BCUT2D eigenvalue weighted by Gasteiger charge is 2.34. The summed E-state index contributed by atoms with van der Waals surface area (Å²) in [4.78, 5) is 27.0. The van der Waals surface area contributed by atoms with Gasteiger partial charge in [-0.15, -0.1) is 0 Å².